The van der Waals surface area contributed by atoms with Crippen LogP contribution in [0, 0.1) is 4.84 Å². The Morgan fingerprint density at radius 3 is 2.58 bits per heavy atom. The summed E-state index contributed by atoms with van der Waals surface area (Å²) in [4.78, 5) is 12.6. The summed E-state index contributed by atoms with van der Waals surface area (Å²) < 4.78 is 7.39. The first kappa shape index (κ1) is 17.1. The number of nitrogens with one attached hydrogen (secondary N) is 1. The lowest BCUT2D eigenvalue weighted by molar-refractivity contribution is -0.924. The number of halogens is 1. The minimum atomic E-state index is 0.362. The van der Waals surface area contributed by atoms with E-state index in [1.807, 2.05) is 30.3 Å². The number of benzene rings is 1. The summed E-state index contributed by atoms with van der Waals surface area (Å²) >= 11 is 11.6. The minimum Gasteiger partial charge on any atom is -0.409 e. The van der Waals surface area contributed by atoms with Crippen molar-refractivity contribution in [1.29, 1.82) is 0 Å². The number of hydrogen-bond acceptors (Lipinski definition) is 6. The van der Waals surface area contributed by atoms with Crippen LogP contribution in [-0.4, -0.2) is 45.9 Å². The van der Waals surface area contributed by atoms with Gasteiger partial charge in [0.1, 0.15) is 0 Å². The van der Waals surface area contributed by atoms with Crippen LogP contribution in [-0.2, 0) is 6.67 Å². The zero-order chi connectivity index (χ0) is 17.9. The molecular formula is C17H18ClN6OS+. The van der Waals surface area contributed by atoms with Crippen LogP contribution < -0.4 is 9.80 Å². The van der Waals surface area contributed by atoms with E-state index in [0.29, 0.717) is 22.4 Å². The van der Waals surface area contributed by atoms with E-state index in [1.54, 1.807) is 17.1 Å². The van der Waals surface area contributed by atoms with Crippen LogP contribution in [0.15, 0.2) is 47.1 Å². The predicted octanol–water partition coefficient (Wildman–Crippen LogP) is 1.68. The maximum absolute atomic E-state index is 6.22. The number of nitrogens with zero attached hydrogens (tertiary/aromatic N) is 5. The van der Waals surface area contributed by atoms with Gasteiger partial charge in [-0.15, -0.1) is 5.10 Å². The van der Waals surface area contributed by atoms with Gasteiger partial charge in [0.15, 0.2) is 6.67 Å². The Kier molecular flexibility index (Phi) is 4.96. The van der Waals surface area contributed by atoms with Crippen molar-refractivity contribution in [2.24, 2.45) is 0 Å². The van der Waals surface area contributed by atoms with Gasteiger partial charge >= 0.3 is 0 Å². The van der Waals surface area contributed by atoms with E-state index < -0.39 is 0 Å². The largest absolute Gasteiger partial charge is 0.409 e. The summed E-state index contributed by atoms with van der Waals surface area (Å²) in [6.07, 6.45) is 3.54. The third kappa shape index (κ3) is 3.62. The lowest BCUT2D eigenvalue weighted by Gasteiger charge is -2.31. The molecule has 26 heavy (non-hydrogen) atoms. The van der Waals surface area contributed by atoms with Crippen molar-refractivity contribution in [2.45, 2.75) is 6.67 Å². The van der Waals surface area contributed by atoms with Crippen LogP contribution in [0.5, 0.6) is 0 Å². The highest BCUT2D eigenvalue weighted by atomic mass is 35.5. The molecule has 0 amide bonds. The summed E-state index contributed by atoms with van der Waals surface area (Å²) in [5.41, 5.74) is 0.750. The molecule has 1 aliphatic rings. The van der Waals surface area contributed by atoms with Crippen LogP contribution in [0.3, 0.4) is 0 Å². The maximum atomic E-state index is 6.22. The average Bonchev–Trinajstić information content (AvgIpc) is 3.04. The zero-order valence-electron chi connectivity index (χ0n) is 14.0. The molecule has 4 rings (SSSR count). The first-order valence-corrected chi connectivity index (χ1v) is 9.18. The van der Waals surface area contributed by atoms with Crippen LogP contribution in [0.4, 0.5) is 5.95 Å². The van der Waals surface area contributed by atoms with Gasteiger partial charge in [-0.05, 0) is 30.4 Å². The number of aromatic nitrogens is 4. The molecule has 1 N–H and O–H groups in total. The molecule has 0 saturated carbocycles. The highest BCUT2D eigenvalue weighted by molar-refractivity contribution is 7.71. The van der Waals surface area contributed by atoms with Crippen LogP contribution in [0.2, 0.25) is 5.02 Å². The molecular weight excluding hydrogens is 372 g/mol. The van der Waals surface area contributed by atoms with Crippen LogP contribution in [0.25, 0.3) is 11.5 Å². The summed E-state index contributed by atoms with van der Waals surface area (Å²) in [5.74, 6) is 1.24. The molecule has 0 bridgehead atoms. The van der Waals surface area contributed by atoms with Gasteiger partial charge < -0.3 is 14.2 Å². The van der Waals surface area contributed by atoms with Crippen molar-refractivity contribution in [3.8, 4) is 11.5 Å². The highest BCUT2D eigenvalue weighted by Gasteiger charge is 2.23. The highest BCUT2D eigenvalue weighted by Crippen LogP contribution is 2.26. The molecule has 1 fully saturated rings. The lowest BCUT2D eigenvalue weighted by atomic mass is 10.2. The molecule has 3 heterocycles. The number of hydrogen-bond donors (Lipinski definition) is 1. The lowest BCUT2D eigenvalue weighted by Crippen LogP contribution is -3.14. The van der Waals surface area contributed by atoms with Crippen molar-refractivity contribution in [3.63, 3.8) is 0 Å². The average molecular weight is 390 g/mol. The van der Waals surface area contributed by atoms with Gasteiger partial charge in [-0.2, -0.15) is 4.68 Å². The fourth-order valence-electron chi connectivity index (χ4n) is 3.00. The molecule has 3 aromatic rings. The van der Waals surface area contributed by atoms with E-state index in [9.17, 15) is 0 Å². The summed E-state index contributed by atoms with van der Waals surface area (Å²) in [6, 6.07) is 9.28. The molecule has 0 unspecified atom stereocenters. The van der Waals surface area contributed by atoms with Crippen LogP contribution in [0.1, 0.15) is 0 Å². The van der Waals surface area contributed by atoms with Crippen molar-refractivity contribution in [1.82, 2.24) is 19.7 Å². The number of rotatable bonds is 4. The fourth-order valence-corrected chi connectivity index (χ4v) is 3.40. The number of anilines is 1. The monoisotopic (exact) mass is 389 g/mol. The van der Waals surface area contributed by atoms with Gasteiger partial charge in [-0.3, -0.25) is 0 Å². The molecule has 1 saturated heterocycles. The molecule has 7 nitrogen and oxygen atoms in total. The first-order valence-electron chi connectivity index (χ1n) is 8.39. The minimum absolute atomic E-state index is 0.362. The number of piperazine rings is 1. The molecule has 1 aliphatic heterocycles. The van der Waals surface area contributed by atoms with E-state index in [0.717, 1.165) is 37.7 Å². The molecule has 9 heteroatoms. The van der Waals surface area contributed by atoms with Crippen molar-refractivity contribution in [3.05, 3.63) is 52.6 Å². The molecule has 0 radical (unpaired) electrons. The topological polar surface area (TPSA) is 64.4 Å². The fraction of sp³-hybridized carbons (Fsp3) is 0.294. The zero-order valence-corrected chi connectivity index (χ0v) is 15.6. The molecule has 0 spiro atoms. The maximum Gasteiger partial charge on any atom is 0.292 e. The Labute approximate surface area is 160 Å². The third-order valence-corrected chi connectivity index (χ3v) is 5.01. The second-order valence-electron chi connectivity index (χ2n) is 6.10. The summed E-state index contributed by atoms with van der Waals surface area (Å²) in [7, 11) is 0. The SMILES string of the molecule is S=c1oc(-c2ccccc2Cl)nn1C[NH+]1CCN(c2ncccn2)CC1. The quantitative estimate of drug-likeness (QED) is 0.685. The standard InChI is InChI=1S/C17H17ClN6OS/c18-14-5-2-1-4-13(14)15-21-24(17(26)25-15)12-22-8-10-23(11-9-22)16-19-6-3-7-20-16/h1-7H,8-12H2/p+1. The summed E-state index contributed by atoms with van der Waals surface area (Å²) in [6.45, 7) is 4.35. The van der Waals surface area contributed by atoms with Gasteiger partial charge in [0, 0.05) is 12.4 Å². The molecule has 1 aromatic carbocycles. The van der Waals surface area contributed by atoms with Gasteiger partial charge in [-0.25, -0.2) is 9.97 Å². The van der Waals surface area contributed by atoms with Crippen molar-refractivity contribution < 1.29 is 9.32 Å². The van der Waals surface area contributed by atoms with Gasteiger partial charge in [0.25, 0.3) is 4.84 Å². The van der Waals surface area contributed by atoms with Crippen molar-refractivity contribution >= 4 is 29.8 Å². The second kappa shape index (κ2) is 7.53. The van der Waals surface area contributed by atoms with E-state index >= 15 is 0 Å². The van der Waals surface area contributed by atoms with E-state index in [-0.39, 0.29) is 0 Å². The Morgan fingerprint density at radius 2 is 1.85 bits per heavy atom. The Balaban J connectivity index is 1.43. The van der Waals surface area contributed by atoms with Gasteiger partial charge in [0.2, 0.25) is 11.8 Å². The summed E-state index contributed by atoms with van der Waals surface area (Å²) in [5, 5.41) is 5.11. The smallest absolute Gasteiger partial charge is 0.292 e. The Hall–Kier alpha value is -2.29. The molecule has 134 valence electrons. The first-order chi connectivity index (χ1) is 12.7. The number of quaternary nitrogens is 1. The van der Waals surface area contributed by atoms with E-state index in [1.165, 1.54) is 4.90 Å². The Morgan fingerprint density at radius 1 is 1.12 bits per heavy atom. The molecule has 0 atom stereocenters. The normalized spacial score (nSPS) is 15.3. The third-order valence-electron chi connectivity index (χ3n) is 4.39. The predicted molar refractivity (Wildman–Crippen MR) is 101 cm³/mol. The van der Waals surface area contributed by atoms with E-state index in [2.05, 4.69) is 20.0 Å². The molecule has 2 aromatic heterocycles. The van der Waals surface area contributed by atoms with E-state index in [4.69, 9.17) is 28.2 Å². The Bertz CT molecular complexity index is 936. The van der Waals surface area contributed by atoms with Gasteiger partial charge in [0.05, 0.1) is 36.8 Å². The van der Waals surface area contributed by atoms with Gasteiger partial charge in [-0.1, -0.05) is 23.7 Å². The molecule has 0 aliphatic carbocycles. The van der Waals surface area contributed by atoms with Crippen molar-refractivity contribution in [2.75, 3.05) is 31.1 Å². The second-order valence-corrected chi connectivity index (χ2v) is 6.85. The van der Waals surface area contributed by atoms with Crippen LogP contribution >= 0.6 is 23.8 Å².